The molecular weight excluding hydrogens is 1310 g/mol. The van der Waals surface area contributed by atoms with Crippen molar-refractivity contribution in [3.8, 4) is 11.5 Å². The maximum absolute atomic E-state index is 16.1. The van der Waals surface area contributed by atoms with E-state index in [1.807, 2.05) is 36.6 Å². The van der Waals surface area contributed by atoms with E-state index in [4.69, 9.17) is 47.4 Å². The number of anilines is 2. The summed E-state index contributed by atoms with van der Waals surface area (Å²) >= 11 is 0. The molecular formula is C70H82F2N6O22. The molecule has 100 heavy (non-hydrogen) atoms. The number of ether oxygens (including phenoxy) is 10. The number of hydrogen-bond donors (Lipinski definition) is 4. The molecule has 4 aromatic rings. The van der Waals surface area contributed by atoms with Gasteiger partial charge in [-0.05, 0) is 108 Å². The lowest BCUT2D eigenvalue weighted by molar-refractivity contribution is -0.181. The van der Waals surface area contributed by atoms with E-state index in [0.29, 0.717) is 84.2 Å². The molecule has 12 rings (SSSR count). The monoisotopic (exact) mass is 1400 g/mol. The number of aliphatic hydroxyl groups excluding tert-OH is 1. The van der Waals surface area contributed by atoms with Crippen molar-refractivity contribution in [1.29, 1.82) is 0 Å². The summed E-state index contributed by atoms with van der Waals surface area (Å²) in [5, 5.41) is 30.3. The summed E-state index contributed by atoms with van der Waals surface area (Å²) in [6.07, 6.45) is 4.94. The van der Waals surface area contributed by atoms with E-state index in [2.05, 4.69) is 10.6 Å². The molecule has 3 unspecified atom stereocenters. The normalized spacial score (nSPS) is 26.5. The number of fused-ring (bicyclic) bond motifs is 7. The second-order valence-corrected chi connectivity index (χ2v) is 27.7. The lowest BCUT2D eigenvalue weighted by atomic mass is 9.46. The lowest BCUT2D eigenvalue weighted by Gasteiger charge is -2.59. The van der Waals surface area contributed by atoms with E-state index < -0.39 is 150 Å². The van der Waals surface area contributed by atoms with Crippen LogP contribution >= 0.6 is 0 Å². The van der Waals surface area contributed by atoms with Crippen molar-refractivity contribution in [2.75, 3.05) is 96.7 Å². The maximum atomic E-state index is 16.1. The maximum Gasteiger partial charge on any atom is 0.511 e. The van der Waals surface area contributed by atoms with Crippen LogP contribution in [0.1, 0.15) is 131 Å². The van der Waals surface area contributed by atoms with Crippen LogP contribution in [0, 0.1) is 40.2 Å². The molecule has 0 amide bonds. The van der Waals surface area contributed by atoms with Crippen LogP contribution in [0.25, 0.3) is 21.8 Å². The van der Waals surface area contributed by atoms with Gasteiger partial charge < -0.3 is 87.1 Å². The van der Waals surface area contributed by atoms with Crippen LogP contribution in [0.15, 0.2) is 57.9 Å². The Morgan fingerprint density at radius 1 is 0.680 bits per heavy atom. The number of Topliss-reactive ketones (excluding diaryl/α,β-unsaturated/α-hetero) is 1. The number of aliphatic hydroxyl groups is 2. The first kappa shape index (κ1) is 70.8. The first-order chi connectivity index (χ1) is 47.8. The molecule has 4 heterocycles. The number of rotatable bonds is 23. The minimum Gasteiger partial charge on any atom is -0.492 e. The summed E-state index contributed by atoms with van der Waals surface area (Å²) in [5.41, 5.74) is -4.64. The molecule has 2 saturated heterocycles. The quantitative estimate of drug-likeness (QED) is 0.0380. The molecule has 28 nitrogen and oxygen atoms in total. The van der Waals surface area contributed by atoms with Gasteiger partial charge in [-0.3, -0.25) is 28.8 Å². The number of hydrogen-bond acceptors (Lipinski definition) is 26. The molecule has 0 bridgehead atoms. The zero-order valence-corrected chi connectivity index (χ0v) is 56.4. The predicted molar refractivity (Wildman–Crippen MR) is 349 cm³/mol. The van der Waals surface area contributed by atoms with Gasteiger partial charge in [0, 0.05) is 92.6 Å². The van der Waals surface area contributed by atoms with Gasteiger partial charge in [-0.1, -0.05) is 25.5 Å². The number of aromatic nitrogens is 2. The molecule has 6 aliphatic carbocycles. The smallest absolute Gasteiger partial charge is 0.492 e. The van der Waals surface area contributed by atoms with Crippen LogP contribution in [0.2, 0.25) is 0 Å². The number of esters is 4. The number of carbonyl (C=O) groups is 8. The van der Waals surface area contributed by atoms with Crippen molar-refractivity contribution >= 4 is 80.9 Å². The summed E-state index contributed by atoms with van der Waals surface area (Å²) in [5.74, 6) is -7.42. The molecule has 30 heteroatoms. The van der Waals surface area contributed by atoms with E-state index in [0.717, 1.165) is 17.7 Å². The second kappa shape index (κ2) is 28.6. The Labute approximate surface area is 572 Å². The van der Waals surface area contributed by atoms with Crippen molar-refractivity contribution in [3.63, 3.8) is 0 Å². The molecule has 0 radical (unpaired) electrons. The highest BCUT2D eigenvalue weighted by atomic mass is 19.1. The highest BCUT2D eigenvalue weighted by molar-refractivity contribution is 6.02. The molecule has 8 aliphatic rings. The lowest BCUT2D eigenvalue weighted by Crippen LogP contribution is -2.61. The highest BCUT2D eigenvalue weighted by Gasteiger charge is 2.68. The average molecular weight is 1400 g/mol. The van der Waals surface area contributed by atoms with Crippen molar-refractivity contribution < 1.29 is 105 Å². The zero-order chi connectivity index (χ0) is 71.3. The summed E-state index contributed by atoms with van der Waals surface area (Å²) < 4.78 is 88.2. The molecule has 0 spiro atoms. The summed E-state index contributed by atoms with van der Waals surface area (Å²) in [6.45, 7) is 5.61. The number of benzene rings is 2. The van der Waals surface area contributed by atoms with Crippen molar-refractivity contribution in [1.82, 2.24) is 19.8 Å². The number of pyridine rings is 2. The topological polar surface area (TPSA) is 344 Å². The van der Waals surface area contributed by atoms with E-state index in [1.54, 1.807) is 22.1 Å². The van der Waals surface area contributed by atoms with E-state index >= 15 is 8.78 Å². The van der Waals surface area contributed by atoms with Crippen molar-refractivity contribution in [2.45, 2.75) is 140 Å². The number of allylic oxidation sites excluding steroid dienone is 4. The first-order valence-corrected chi connectivity index (χ1v) is 33.8. The second-order valence-electron chi connectivity index (χ2n) is 27.7. The zero-order valence-electron chi connectivity index (χ0n) is 56.4. The third kappa shape index (κ3) is 13.7. The number of halogens is 2. The fourth-order valence-corrected chi connectivity index (χ4v) is 16.2. The fraction of sp³-hybridized carbons (Fsp3) is 0.571. The molecule has 4 N–H and O–H groups in total. The van der Waals surface area contributed by atoms with Gasteiger partial charge >= 0.3 is 36.2 Å². The highest BCUT2D eigenvalue weighted by Crippen LogP contribution is 2.67. The minimum absolute atomic E-state index is 0.0280. The predicted octanol–water partition coefficient (Wildman–Crippen LogP) is 5.93. The van der Waals surface area contributed by atoms with Crippen LogP contribution in [-0.2, 0) is 57.1 Å². The largest absolute Gasteiger partial charge is 0.511 e. The molecule has 2 aromatic carbocycles. The third-order valence-electron chi connectivity index (χ3n) is 21.3. The fourth-order valence-electron chi connectivity index (χ4n) is 16.2. The molecule has 5 saturated carbocycles. The third-order valence-corrected chi connectivity index (χ3v) is 21.3. The molecule has 9 atom stereocenters. The van der Waals surface area contributed by atoms with Gasteiger partial charge in [0.05, 0.1) is 55.0 Å². The standard InChI is InChI=1S/C70H82F2N6O22/c1-36-27-75(21-19-73-36)58-49(71)24-44-56(62(58)91-5)77(39-8-9-39)29-46(60(44)84)64(86)96-34-98-66(88)94-31-42(32-95-67(89)99-35-97-65(87)47-30-78(40-10-11-40)57-45(61(47)85)25-50(72)59(63(57)92-6)76-22-20-74-37(2)28-76)100-54(83)14-13-53(82)93-33-52(81)70(90)18-16-48-43-12-7-38-23-41(79)15-17-68(38,3)55(43)51(80)26-69(48,70)4/h15,17,23-25,29-30,36-37,39-40,42-43,48,51,55,73-74,80,90H,7-14,16,18-22,26-28,31-35H2,1-6H3/t36?,37?,42?,43-,48-,51-,55?,68-,69-,70-/m1/s1. The van der Waals surface area contributed by atoms with Crippen molar-refractivity contribution in [3.05, 3.63) is 91.5 Å². The van der Waals surface area contributed by atoms with Gasteiger partial charge in [-0.15, -0.1) is 0 Å². The number of carbonyl (C=O) groups excluding carboxylic acids is 8. The Kier molecular flexibility index (Phi) is 20.2. The number of methoxy groups -OCH3 is 2. The van der Waals surface area contributed by atoms with Gasteiger partial charge in [-0.2, -0.15) is 0 Å². The number of ketones is 2. The first-order valence-electron chi connectivity index (χ1n) is 33.8. The Balaban J connectivity index is 0.676. The number of nitrogens with zero attached hydrogens (tertiary/aromatic N) is 4. The number of piperazine rings is 2. The SMILES string of the molecule is COc1c(N2CCNC(C)C2)c(F)cc2c(=O)c(C(=O)OCOC(=O)OCC(COC(=O)OCOC(=O)c3cn(C4CC4)c4c(OC)c(N5CCNC(C)C5)c(F)cc4c3=O)OC(=O)CCC(=O)OCC(=O)[C@]3(O)CC[C@@H]4[C@H]5CCC6=CC(=O)C=C[C@@]6(C)C5[C@H](O)C[C@]43C)cn(C3CC3)c12. The summed E-state index contributed by atoms with van der Waals surface area (Å²) in [4.78, 5) is 138. The van der Waals surface area contributed by atoms with E-state index in [9.17, 15) is 58.2 Å². The Morgan fingerprint density at radius 3 is 1.68 bits per heavy atom. The van der Waals surface area contributed by atoms with Gasteiger partial charge in [0.2, 0.25) is 30.2 Å². The average Bonchev–Trinajstić information content (AvgIpc) is 1.57. The van der Waals surface area contributed by atoms with E-state index in [-0.39, 0.29) is 105 Å². The van der Waals surface area contributed by atoms with Crippen LogP contribution in [-0.4, -0.2) is 184 Å². The van der Waals surface area contributed by atoms with Gasteiger partial charge in [0.15, 0.2) is 41.6 Å². The summed E-state index contributed by atoms with van der Waals surface area (Å²) in [7, 11) is 2.73. The molecule has 2 aromatic heterocycles. The Bertz CT molecular complexity index is 3980. The number of nitrogens with one attached hydrogen (secondary N) is 2. The van der Waals surface area contributed by atoms with E-state index in [1.165, 1.54) is 32.7 Å². The summed E-state index contributed by atoms with van der Waals surface area (Å²) in [6, 6.07) is 1.81. The van der Waals surface area contributed by atoms with Crippen LogP contribution in [0.3, 0.4) is 0 Å². The van der Waals surface area contributed by atoms with Crippen LogP contribution < -0.4 is 40.8 Å². The molecule has 7 fully saturated rings. The van der Waals surface area contributed by atoms with Gasteiger partial charge in [0.1, 0.15) is 41.3 Å². The van der Waals surface area contributed by atoms with Crippen LogP contribution in [0.4, 0.5) is 29.7 Å². The molecule has 2 aliphatic heterocycles. The minimum atomic E-state index is -1.98. The van der Waals surface area contributed by atoms with Gasteiger partial charge in [0.25, 0.3) is 0 Å². The Morgan fingerprint density at radius 2 is 1.19 bits per heavy atom. The Hall–Kier alpha value is -9.00. The van der Waals surface area contributed by atoms with Gasteiger partial charge in [-0.25, -0.2) is 28.0 Å². The molecule has 538 valence electrons. The van der Waals surface area contributed by atoms with Crippen molar-refractivity contribution in [2.24, 2.45) is 28.6 Å². The van der Waals surface area contributed by atoms with Crippen LogP contribution in [0.5, 0.6) is 11.5 Å².